The second-order valence-electron chi connectivity index (χ2n) is 3.84. The Morgan fingerprint density at radius 2 is 2.07 bits per heavy atom. The molecule has 86 valence electrons. The highest BCUT2D eigenvalue weighted by molar-refractivity contribution is 5.83. The van der Waals surface area contributed by atoms with E-state index in [1.165, 1.54) is 0 Å². The van der Waals surface area contributed by atoms with E-state index in [-0.39, 0.29) is 24.4 Å². The van der Waals surface area contributed by atoms with Gasteiger partial charge in [0.2, 0.25) is 11.8 Å². The van der Waals surface area contributed by atoms with Crippen molar-refractivity contribution in [1.82, 2.24) is 16.0 Å². The maximum atomic E-state index is 11.3. The van der Waals surface area contributed by atoms with Crippen LogP contribution in [0.1, 0.15) is 26.7 Å². The van der Waals surface area contributed by atoms with E-state index < -0.39 is 0 Å². The van der Waals surface area contributed by atoms with Gasteiger partial charge in [-0.25, -0.2) is 0 Å². The monoisotopic (exact) mass is 213 g/mol. The summed E-state index contributed by atoms with van der Waals surface area (Å²) < 4.78 is 0. The number of likely N-dealkylation sites (N-methyl/N-ethyl adjacent to an activating group) is 1. The maximum Gasteiger partial charge on any atom is 0.236 e. The van der Waals surface area contributed by atoms with Gasteiger partial charge in [0.25, 0.3) is 0 Å². The lowest BCUT2D eigenvalue weighted by molar-refractivity contribution is -0.123. The van der Waals surface area contributed by atoms with Crippen LogP contribution < -0.4 is 16.0 Å². The third-order valence-corrected chi connectivity index (χ3v) is 2.26. The van der Waals surface area contributed by atoms with Crippen LogP contribution in [0.3, 0.4) is 0 Å². The highest BCUT2D eigenvalue weighted by Gasteiger charge is 2.23. The second-order valence-corrected chi connectivity index (χ2v) is 3.84. The number of hydrogen-bond acceptors (Lipinski definition) is 3. The molecule has 1 fully saturated rings. The molecule has 0 aromatic rings. The molecule has 1 aliphatic rings. The Bertz CT molecular complexity index is 239. The molecule has 0 aromatic heterocycles. The fourth-order valence-corrected chi connectivity index (χ4v) is 1.17. The summed E-state index contributed by atoms with van der Waals surface area (Å²) in [5.74, 6) is -0.106. The average Bonchev–Trinajstić information content (AvgIpc) is 2.98. The van der Waals surface area contributed by atoms with Crippen LogP contribution in [-0.2, 0) is 9.59 Å². The van der Waals surface area contributed by atoms with Crippen LogP contribution in [0, 0.1) is 0 Å². The Kier molecular flexibility index (Phi) is 4.55. The minimum atomic E-state index is -0.324. The highest BCUT2D eigenvalue weighted by atomic mass is 16.2. The molecule has 5 heteroatoms. The van der Waals surface area contributed by atoms with E-state index in [1.807, 2.05) is 6.92 Å². The van der Waals surface area contributed by atoms with Gasteiger partial charge in [0, 0.05) is 12.6 Å². The van der Waals surface area contributed by atoms with E-state index >= 15 is 0 Å². The minimum Gasteiger partial charge on any atom is -0.355 e. The first-order chi connectivity index (χ1) is 7.13. The molecule has 1 unspecified atom stereocenters. The fourth-order valence-electron chi connectivity index (χ4n) is 1.17. The molecule has 5 nitrogen and oxygen atoms in total. The number of carbonyl (C=O) groups is 2. The van der Waals surface area contributed by atoms with Crippen molar-refractivity contribution in [2.45, 2.75) is 38.8 Å². The molecule has 1 rings (SSSR count). The summed E-state index contributed by atoms with van der Waals surface area (Å²) in [5.41, 5.74) is 0. The maximum absolute atomic E-state index is 11.3. The first-order valence-corrected chi connectivity index (χ1v) is 5.44. The van der Waals surface area contributed by atoms with Gasteiger partial charge in [-0.15, -0.1) is 0 Å². The van der Waals surface area contributed by atoms with Crippen LogP contribution in [0.5, 0.6) is 0 Å². The van der Waals surface area contributed by atoms with Gasteiger partial charge in [0.05, 0.1) is 12.6 Å². The lowest BCUT2D eigenvalue weighted by Gasteiger charge is -2.12. The number of hydrogen-bond donors (Lipinski definition) is 3. The SMILES string of the molecule is CCNC(=O)C(C)NCC(=O)NC1CC1. The predicted octanol–water partition coefficient (Wildman–Crippen LogP) is -0.621. The summed E-state index contributed by atoms with van der Waals surface area (Å²) >= 11 is 0. The van der Waals surface area contributed by atoms with Crippen LogP contribution in [0.4, 0.5) is 0 Å². The van der Waals surface area contributed by atoms with Crippen molar-refractivity contribution in [3.05, 3.63) is 0 Å². The Hall–Kier alpha value is -1.10. The van der Waals surface area contributed by atoms with E-state index in [2.05, 4.69) is 16.0 Å². The third kappa shape index (κ3) is 4.78. The van der Waals surface area contributed by atoms with E-state index in [4.69, 9.17) is 0 Å². The van der Waals surface area contributed by atoms with Crippen molar-refractivity contribution in [3.8, 4) is 0 Å². The van der Waals surface area contributed by atoms with Gasteiger partial charge in [-0.2, -0.15) is 0 Å². The van der Waals surface area contributed by atoms with Crippen molar-refractivity contribution in [3.63, 3.8) is 0 Å². The number of carbonyl (C=O) groups excluding carboxylic acids is 2. The molecule has 3 N–H and O–H groups in total. The van der Waals surface area contributed by atoms with Crippen molar-refractivity contribution in [2.75, 3.05) is 13.1 Å². The molecular formula is C10H19N3O2. The van der Waals surface area contributed by atoms with Crippen molar-refractivity contribution in [2.24, 2.45) is 0 Å². The minimum absolute atomic E-state index is 0.0337. The largest absolute Gasteiger partial charge is 0.355 e. The normalized spacial score (nSPS) is 16.9. The van der Waals surface area contributed by atoms with Crippen LogP contribution in [0.2, 0.25) is 0 Å². The molecule has 0 bridgehead atoms. The molecule has 0 aliphatic heterocycles. The zero-order valence-corrected chi connectivity index (χ0v) is 9.30. The van der Waals surface area contributed by atoms with Crippen LogP contribution in [0.15, 0.2) is 0 Å². The first-order valence-electron chi connectivity index (χ1n) is 5.44. The first kappa shape index (κ1) is 12.0. The molecule has 0 aromatic carbocycles. The fraction of sp³-hybridized carbons (Fsp3) is 0.800. The highest BCUT2D eigenvalue weighted by Crippen LogP contribution is 2.18. The molecule has 0 spiro atoms. The van der Waals surface area contributed by atoms with E-state index in [1.54, 1.807) is 6.92 Å². The number of rotatable bonds is 6. The van der Waals surface area contributed by atoms with Crippen molar-refractivity contribution < 1.29 is 9.59 Å². The van der Waals surface area contributed by atoms with E-state index in [9.17, 15) is 9.59 Å². The van der Waals surface area contributed by atoms with Gasteiger partial charge in [-0.05, 0) is 26.7 Å². The summed E-state index contributed by atoms with van der Waals surface area (Å²) in [6.45, 7) is 4.42. The van der Waals surface area contributed by atoms with Crippen molar-refractivity contribution in [1.29, 1.82) is 0 Å². The Balaban J connectivity index is 2.11. The Labute approximate surface area is 90.0 Å². The quantitative estimate of drug-likeness (QED) is 0.550. The lowest BCUT2D eigenvalue weighted by atomic mass is 10.3. The van der Waals surface area contributed by atoms with E-state index in [0.717, 1.165) is 12.8 Å². The van der Waals surface area contributed by atoms with Gasteiger partial charge in [-0.3, -0.25) is 14.9 Å². The van der Waals surface area contributed by atoms with Gasteiger partial charge in [0.15, 0.2) is 0 Å². The molecule has 0 heterocycles. The lowest BCUT2D eigenvalue weighted by Crippen LogP contribution is -2.46. The second kappa shape index (κ2) is 5.70. The van der Waals surface area contributed by atoms with Gasteiger partial charge < -0.3 is 10.6 Å². The smallest absolute Gasteiger partial charge is 0.236 e. The molecule has 1 aliphatic carbocycles. The zero-order valence-electron chi connectivity index (χ0n) is 9.30. The van der Waals surface area contributed by atoms with Crippen LogP contribution in [0.25, 0.3) is 0 Å². The predicted molar refractivity (Wildman–Crippen MR) is 57.3 cm³/mol. The molecular weight excluding hydrogens is 194 g/mol. The van der Waals surface area contributed by atoms with Gasteiger partial charge in [-0.1, -0.05) is 0 Å². The molecule has 1 atom stereocenters. The average molecular weight is 213 g/mol. The van der Waals surface area contributed by atoms with E-state index in [0.29, 0.717) is 12.6 Å². The van der Waals surface area contributed by atoms with Crippen LogP contribution in [-0.4, -0.2) is 37.0 Å². The summed E-state index contributed by atoms with van der Waals surface area (Å²) in [7, 11) is 0. The molecule has 0 radical (unpaired) electrons. The summed E-state index contributed by atoms with van der Waals surface area (Å²) in [6, 6.07) is 0.0500. The number of amides is 2. The molecule has 1 saturated carbocycles. The van der Waals surface area contributed by atoms with Gasteiger partial charge >= 0.3 is 0 Å². The van der Waals surface area contributed by atoms with Crippen LogP contribution >= 0.6 is 0 Å². The third-order valence-electron chi connectivity index (χ3n) is 2.26. The Morgan fingerprint density at radius 3 is 2.60 bits per heavy atom. The summed E-state index contributed by atoms with van der Waals surface area (Å²) in [5, 5.41) is 8.41. The molecule has 2 amide bonds. The standard InChI is InChI=1S/C10H19N3O2/c1-3-11-10(15)7(2)12-6-9(14)13-8-4-5-8/h7-8,12H,3-6H2,1-2H3,(H,11,15)(H,13,14). The molecule has 15 heavy (non-hydrogen) atoms. The number of nitrogens with one attached hydrogen (secondary N) is 3. The van der Waals surface area contributed by atoms with Crippen molar-refractivity contribution >= 4 is 11.8 Å². The zero-order chi connectivity index (χ0) is 11.3. The Morgan fingerprint density at radius 1 is 1.40 bits per heavy atom. The molecule has 0 saturated heterocycles. The summed E-state index contributed by atoms with van der Waals surface area (Å²) in [6.07, 6.45) is 2.16. The topological polar surface area (TPSA) is 70.2 Å². The summed E-state index contributed by atoms with van der Waals surface area (Å²) in [4.78, 5) is 22.6. The van der Waals surface area contributed by atoms with Gasteiger partial charge in [0.1, 0.15) is 0 Å².